The number of piperidine rings is 1. The second kappa shape index (κ2) is 5.72. The van der Waals surface area contributed by atoms with Crippen molar-refractivity contribution in [3.05, 3.63) is 29.6 Å². The molecule has 1 heterocycles. The number of hydrogen-bond acceptors (Lipinski definition) is 2. The van der Waals surface area contributed by atoms with Gasteiger partial charge in [0.1, 0.15) is 11.6 Å². The summed E-state index contributed by atoms with van der Waals surface area (Å²) in [5.74, 6) is 1.64. The van der Waals surface area contributed by atoms with Crippen LogP contribution in [0.15, 0.2) is 18.2 Å². The lowest BCUT2D eigenvalue weighted by atomic mass is 9.74. The standard InChI is InChI=1S/C17H24FNO/c1-12(16-10-15(18)6-7-17(16)20)19-9-8-13-4-2-3-5-14(13)11-19/h6-7,10,12-14,20H,2-5,8-9,11H2,1H3. The maximum absolute atomic E-state index is 13.4. The molecule has 1 saturated carbocycles. The first-order chi connectivity index (χ1) is 9.65. The van der Waals surface area contributed by atoms with Gasteiger partial charge in [0.25, 0.3) is 0 Å². The molecule has 0 amide bonds. The molecule has 1 aromatic rings. The van der Waals surface area contributed by atoms with E-state index >= 15 is 0 Å². The van der Waals surface area contributed by atoms with E-state index in [9.17, 15) is 9.50 Å². The summed E-state index contributed by atoms with van der Waals surface area (Å²) >= 11 is 0. The van der Waals surface area contributed by atoms with Crippen molar-refractivity contribution in [3.63, 3.8) is 0 Å². The third-order valence-electron chi connectivity index (χ3n) is 5.31. The number of nitrogens with zero attached hydrogens (tertiary/aromatic N) is 1. The molecule has 0 radical (unpaired) electrons. The topological polar surface area (TPSA) is 23.5 Å². The maximum Gasteiger partial charge on any atom is 0.123 e. The van der Waals surface area contributed by atoms with E-state index in [2.05, 4.69) is 11.8 Å². The molecule has 1 N–H and O–H groups in total. The Balaban J connectivity index is 1.74. The van der Waals surface area contributed by atoms with Gasteiger partial charge in [0.15, 0.2) is 0 Å². The number of phenolic OH excluding ortho intramolecular Hbond substituents is 1. The van der Waals surface area contributed by atoms with Gasteiger partial charge in [-0.15, -0.1) is 0 Å². The van der Waals surface area contributed by atoms with Crippen molar-refractivity contribution in [2.24, 2.45) is 11.8 Å². The van der Waals surface area contributed by atoms with E-state index in [1.54, 1.807) is 0 Å². The van der Waals surface area contributed by atoms with Crippen LogP contribution in [0.1, 0.15) is 50.6 Å². The molecule has 1 saturated heterocycles. The first-order valence-electron chi connectivity index (χ1n) is 7.87. The van der Waals surface area contributed by atoms with Gasteiger partial charge in [-0.25, -0.2) is 4.39 Å². The Morgan fingerprint density at radius 2 is 1.95 bits per heavy atom. The molecule has 110 valence electrons. The Hall–Kier alpha value is -1.09. The fraction of sp³-hybridized carbons (Fsp3) is 0.647. The Labute approximate surface area is 120 Å². The molecule has 0 spiro atoms. The molecule has 20 heavy (non-hydrogen) atoms. The molecule has 3 unspecified atom stereocenters. The Morgan fingerprint density at radius 3 is 2.75 bits per heavy atom. The van der Waals surface area contributed by atoms with E-state index in [-0.39, 0.29) is 17.6 Å². The highest BCUT2D eigenvalue weighted by atomic mass is 19.1. The molecule has 3 heteroatoms. The summed E-state index contributed by atoms with van der Waals surface area (Å²) in [5, 5.41) is 9.98. The number of phenols is 1. The minimum Gasteiger partial charge on any atom is -0.508 e. The van der Waals surface area contributed by atoms with Crippen molar-refractivity contribution in [2.75, 3.05) is 13.1 Å². The lowest BCUT2D eigenvalue weighted by Crippen LogP contribution is -2.42. The third-order valence-corrected chi connectivity index (χ3v) is 5.31. The van der Waals surface area contributed by atoms with E-state index in [1.165, 1.54) is 50.3 Å². The van der Waals surface area contributed by atoms with Gasteiger partial charge < -0.3 is 5.11 Å². The van der Waals surface area contributed by atoms with Crippen LogP contribution in [0.2, 0.25) is 0 Å². The van der Waals surface area contributed by atoms with Gasteiger partial charge in [-0.3, -0.25) is 4.90 Å². The van der Waals surface area contributed by atoms with Crippen LogP contribution < -0.4 is 0 Å². The molecular formula is C17H24FNO. The highest BCUT2D eigenvalue weighted by molar-refractivity contribution is 5.35. The zero-order valence-electron chi connectivity index (χ0n) is 12.2. The van der Waals surface area contributed by atoms with Gasteiger partial charge in [-0.05, 0) is 56.3 Å². The van der Waals surface area contributed by atoms with Crippen molar-refractivity contribution in [1.29, 1.82) is 0 Å². The summed E-state index contributed by atoms with van der Waals surface area (Å²) in [5.41, 5.74) is 0.722. The number of halogens is 1. The maximum atomic E-state index is 13.4. The SMILES string of the molecule is CC(c1cc(F)ccc1O)N1CCC2CCCCC2C1. The zero-order chi connectivity index (χ0) is 14.1. The summed E-state index contributed by atoms with van der Waals surface area (Å²) in [6.07, 6.45) is 6.72. The molecule has 0 aromatic heterocycles. The van der Waals surface area contributed by atoms with E-state index in [0.717, 1.165) is 30.5 Å². The molecule has 3 atom stereocenters. The monoisotopic (exact) mass is 277 g/mol. The van der Waals surface area contributed by atoms with Gasteiger partial charge in [-0.2, -0.15) is 0 Å². The van der Waals surface area contributed by atoms with Gasteiger partial charge in [0, 0.05) is 18.2 Å². The highest BCUT2D eigenvalue weighted by Crippen LogP contribution is 2.39. The van der Waals surface area contributed by atoms with Crippen molar-refractivity contribution in [1.82, 2.24) is 4.90 Å². The molecule has 0 bridgehead atoms. The average molecular weight is 277 g/mol. The van der Waals surface area contributed by atoms with Gasteiger partial charge in [-0.1, -0.05) is 19.3 Å². The van der Waals surface area contributed by atoms with Crippen LogP contribution in [0.3, 0.4) is 0 Å². The Bertz CT molecular complexity index is 476. The Kier molecular flexibility index (Phi) is 3.97. The van der Waals surface area contributed by atoms with Gasteiger partial charge >= 0.3 is 0 Å². The van der Waals surface area contributed by atoms with E-state index in [1.807, 2.05) is 0 Å². The van der Waals surface area contributed by atoms with Crippen LogP contribution in [0, 0.1) is 17.7 Å². The lowest BCUT2D eigenvalue weighted by Gasteiger charge is -2.43. The van der Waals surface area contributed by atoms with E-state index in [0.29, 0.717) is 0 Å². The van der Waals surface area contributed by atoms with Crippen molar-refractivity contribution >= 4 is 0 Å². The quantitative estimate of drug-likeness (QED) is 0.879. The minimum atomic E-state index is -0.266. The molecule has 3 rings (SSSR count). The summed E-state index contributed by atoms with van der Waals surface area (Å²) in [6, 6.07) is 4.36. The molecule has 1 aliphatic heterocycles. The van der Waals surface area contributed by atoms with Crippen LogP contribution in [-0.2, 0) is 0 Å². The molecule has 2 nitrogen and oxygen atoms in total. The number of rotatable bonds is 2. The number of hydrogen-bond donors (Lipinski definition) is 1. The number of fused-ring (bicyclic) bond motifs is 1. The van der Waals surface area contributed by atoms with Crippen LogP contribution in [0.5, 0.6) is 5.75 Å². The molecule has 2 aliphatic rings. The number of aromatic hydroxyl groups is 1. The summed E-state index contributed by atoms with van der Waals surface area (Å²) in [7, 11) is 0. The van der Waals surface area contributed by atoms with E-state index < -0.39 is 0 Å². The summed E-state index contributed by atoms with van der Waals surface area (Å²) in [6.45, 7) is 4.25. The van der Waals surface area contributed by atoms with Gasteiger partial charge in [0.05, 0.1) is 0 Å². The van der Waals surface area contributed by atoms with E-state index in [4.69, 9.17) is 0 Å². The third kappa shape index (κ3) is 2.69. The Morgan fingerprint density at radius 1 is 1.20 bits per heavy atom. The zero-order valence-corrected chi connectivity index (χ0v) is 12.2. The first-order valence-corrected chi connectivity index (χ1v) is 7.87. The fourth-order valence-corrected chi connectivity index (χ4v) is 4.04. The summed E-state index contributed by atoms with van der Waals surface area (Å²) < 4.78 is 13.4. The number of likely N-dealkylation sites (tertiary alicyclic amines) is 1. The molecule has 1 aromatic carbocycles. The lowest BCUT2D eigenvalue weighted by molar-refractivity contribution is 0.0608. The smallest absolute Gasteiger partial charge is 0.123 e. The molecule has 1 aliphatic carbocycles. The first kappa shape index (κ1) is 13.9. The number of benzene rings is 1. The molecule has 2 fully saturated rings. The summed E-state index contributed by atoms with van der Waals surface area (Å²) in [4.78, 5) is 2.42. The second-order valence-electron chi connectivity index (χ2n) is 6.47. The van der Waals surface area contributed by atoms with Crippen LogP contribution >= 0.6 is 0 Å². The fourth-order valence-electron chi connectivity index (χ4n) is 4.04. The van der Waals surface area contributed by atoms with Crippen molar-refractivity contribution < 1.29 is 9.50 Å². The van der Waals surface area contributed by atoms with Gasteiger partial charge in [0.2, 0.25) is 0 Å². The van der Waals surface area contributed by atoms with Crippen LogP contribution in [-0.4, -0.2) is 23.1 Å². The second-order valence-corrected chi connectivity index (χ2v) is 6.47. The normalized spacial score (nSPS) is 28.9. The van der Waals surface area contributed by atoms with Crippen molar-refractivity contribution in [3.8, 4) is 5.75 Å². The average Bonchev–Trinajstić information content (AvgIpc) is 2.48. The largest absolute Gasteiger partial charge is 0.508 e. The minimum absolute atomic E-state index is 0.0913. The predicted octanol–water partition coefficient (Wildman–Crippen LogP) is 4.10. The van der Waals surface area contributed by atoms with Crippen LogP contribution in [0.25, 0.3) is 0 Å². The van der Waals surface area contributed by atoms with Crippen molar-refractivity contribution in [2.45, 2.75) is 45.1 Å². The highest BCUT2D eigenvalue weighted by Gasteiger charge is 2.33. The molecular weight excluding hydrogens is 253 g/mol. The predicted molar refractivity (Wildman–Crippen MR) is 78.1 cm³/mol. The van der Waals surface area contributed by atoms with Crippen LogP contribution in [0.4, 0.5) is 4.39 Å².